The van der Waals surface area contributed by atoms with Crippen molar-refractivity contribution in [2.75, 3.05) is 7.11 Å². The molecule has 0 saturated carbocycles. The van der Waals surface area contributed by atoms with E-state index in [0.29, 0.717) is 0 Å². The fourth-order valence-electron chi connectivity index (χ4n) is 1.20. The fraction of sp³-hybridized carbons (Fsp3) is 0.231. The van der Waals surface area contributed by atoms with Crippen LogP contribution < -0.4 is 4.74 Å². The van der Waals surface area contributed by atoms with Crippen molar-refractivity contribution >= 4 is 0 Å². The molecule has 0 unspecified atom stereocenters. The van der Waals surface area contributed by atoms with Crippen LogP contribution in [0.4, 0.5) is 0 Å². The first kappa shape index (κ1) is 10.6. The minimum Gasteiger partial charge on any atom is -0.497 e. The van der Waals surface area contributed by atoms with Gasteiger partial charge in [0.25, 0.3) is 0 Å². The number of ether oxygens (including phenoxy) is 1. The molecule has 0 aliphatic heterocycles. The van der Waals surface area contributed by atoms with E-state index in [1.165, 1.54) is 5.56 Å². The summed E-state index contributed by atoms with van der Waals surface area (Å²) >= 11 is 0. The molecule has 0 atom stereocenters. The Balaban J connectivity index is 2.51. The number of aryl methyl sites for hydroxylation is 1. The van der Waals surface area contributed by atoms with Gasteiger partial charge in [0.2, 0.25) is 0 Å². The summed E-state index contributed by atoms with van der Waals surface area (Å²) in [5, 5.41) is 0. The van der Waals surface area contributed by atoms with Crippen LogP contribution in [-0.4, -0.2) is 7.11 Å². The van der Waals surface area contributed by atoms with E-state index in [1.807, 2.05) is 18.2 Å². The lowest BCUT2D eigenvalue weighted by atomic mass is 10.1. The Morgan fingerprint density at radius 1 is 1.36 bits per heavy atom. The lowest BCUT2D eigenvalue weighted by molar-refractivity contribution is 0.414. The normalized spacial score (nSPS) is 9.50. The molecule has 0 radical (unpaired) electrons. The van der Waals surface area contributed by atoms with E-state index >= 15 is 0 Å². The van der Waals surface area contributed by atoms with Crippen LogP contribution in [0.1, 0.15) is 12.0 Å². The molecule has 1 rings (SSSR count). The largest absolute Gasteiger partial charge is 0.497 e. The van der Waals surface area contributed by atoms with Gasteiger partial charge in [-0.2, -0.15) is 0 Å². The Labute approximate surface area is 85.7 Å². The zero-order valence-corrected chi connectivity index (χ0v) is 8.62. The second-order valence-electron chi connectivity index (χ2n) is 3.21. The first-order valence-corrected chi connectivity index (χ1v) is 4.69. The molecule has 74 valence electrons. The van der Waals surface area contributed by atoms with Gasteiger partial charge in [-0.3, -0.25) is 0 Å². The van der Waals surface area contributed by atoms with Crippen LogP contribution in [0.25, 0.3) is 0 Å². The summed E-state index contributed by atoms with van der Waals surface area (Å²) in [5.74, 6) is 0.899. The van der Waals surface area contributed by atoms with Crippen molar-refractivity contribution in [3.05, 3.63) is 54.6 Å². The maximum atomic E-state index is 5.08. The number of hydrogen-bond donors (Lipinski definition) is 0. The molecular weight excluding hydrogens is 172 g/mol. The Kier molecular flexibility index (Phi) is 3.99. The monoisotopic (exact) mass is 188 g/mol. The predicted molar refractivity (Wildman–Crippen MR) is 60.7 cm³/mol. The third-order valence-electron chi connectivity index (χ3n) is 2.18. The number of methoxy groups -OCH3 is 1. The first-order chi connectivity index (χ1) is 6.76. The second kappa shape index (κ2) is 5.28. The second-order valence-corrected chi connectivity index (χ2v) is 3.21. The van der Waals surface area contributed by atoms with Gasteiger partial charge in [0, 0.05) is 0 Å². The van der Waals surface area contributed by atoms with Crippen molar-refractivity contribution in [2.45, 2.75) is 12.8 Å². The third-order valence-corrected chi connectivity index (χ3v) is 2.18. The average molecular weight is 188 g/mol. The number of allylic oxidation sites excluding steroid dienone is 2. The Morgan fingerprint density at radius 3 is 2.50 bits per heavy atom. The highest BCUT2D eigenvalue weighted by molar-refractivity contribution is 5.28. The summed E-state index contributed by atoms with van der Waals surface area (Å²) in [6, 6.07) is 8.11. The number of benzene rings is 1. The van der Waals surface area contributed by atoms with Crippen LogP contribution in [0.3, 0.4) is 0 Å². The average Bonchev–Trinajstić information content (AvgIpc) is 2.26. The highest BCUT2D eigenvalue weighted by Gasteiger charge is 1.95. The van der Waals surface area contributed by atoms with Gasteiger partial charge in [0.1, 0.15) is 5.75 Å². The van der Waals surface area contributed by atoms with Crippen molar-refractivity contribution in [2.24, 2.45) is 0 Å². The van der Waals surface area contributed by atoms with Crippen LogP contribution in [0.5, 0.6) is 5.75 Å². The molecule has 0 aliphatic carbocycles. The first-order valence-electron chi connectivity index (χ1n) is 4.69. The van der Waals surface area contributed by atoms with Crippen LogP contribution in [0.2, 0.25) is 0 Å². The molecule has 0 spiro atoms. The fourth-order valence-corrected chi connectivity index (χ4v) is 1.20. The van der Waals surface area contributed by atoms with Crippen molar-refractivity contribution in [1.82, 2.24) is 0 Å². The summed E-state index contributed by atoms with van der Waals surface area (Å²) in [5.41, 5.74) is 2.38. The van der Waals surface area contributed by atoms with Gasteiger partial charge in [-0.05, 0) is 30.5 Å². The Morgan fingerprint density at radius 2 is 2.00 bits per heavy atom. The predicted octanol–water partition coefficient (Wildman–Crippen LogP) is 3.37. The van der Waals surface area contributed by atoms with E-state index < -0.39 is 0 Å². The molecule has 0 saturated heterocycles. The molecule has 0 N–H and O–H groups in total. The summed E-state index contributed by atoms with van der Waals surface area (Å²) in [6.45, 7) is 7.56. The zero-order valence-electron chi connectivity index (χ0n) is 8.62. The molecule has 0 aromatic heterocycles. The minimum atomic E-state index is 0.899. The molecule has 0 aliphatic rings. The molecule has 14 heavy (non-hydrogen) atoms. The van der Waals surface area contributed by atoms with E-state index in [9.17, 15) is 0 Å². The Hall–Kier alpha value is -1.50. The van der Waals surface area contributed by atoms with Gasteiger partial charge in [-0.15, -0.1) is 0 Å². The summed E-state index contributed by atoms with van der Waals surface area (Å²) in [6.07, 6.45) is 3.79. The molecule has 0 heterocycles. The SMILES string of the molecule is C=CC(=C)CCc1ccc(OC)cc1. The highest BCUT2D eigenvalue weighted by Crippen LogP contribution is 2.14. The van der Waals surface area contributed by atoms with Gasteiger partial charge in [-0.25, -0.2) is 0 Å². The smallest absolute Gasteiger partial charge is 0.118 e. The van der Waals surface area contributed by atoms with Gasteiger partial charge >= 0.3 is 0 Å². The maximum absolute atomic E-state index is 5.08. The Bertz CT molecular complexity index is 309. The third kappa shape index (κ3) is 3.09. The molecule has 1 heteroatoms. The lowest BCUT2D eigenvalue weighted by Crippen LogP contribution is -1.87. The van der Waals surface area contributed by atoms with Gasteiger partial charge in [0.05, 0.1) is 7.11 Å². The van der Waals surface area contributed by atoms with Gasteiger partial charge < -0.3 is 4.74 Å². The summed E-state index contributed by atoms with van der Waals surface area (Å²) in [7, 11) is 1.68. The van der Waals surface area contributed by atoms with Crippen LogP contribution in [0.15, 0.2) is 49.1 Å². The van der Waals surface area contributed by atoms with Crippen molar-refractivity contribution in [1.29, 1.82) is 0 Å². The van der Waals surface area contributed by atoms with E-state index in [2.05, 4.69) is 25.3 Å². The highest BCUT2D eigenvalue weighted by atomic mass is 16.5. The van der Waals surface area contributed by atoms with Crippen LogP contribution >= 0.6 is 0 Å². The topological polar surface area (TPSA) is 9.23 Å². The number of hydrogen-bond acceptors (Lipinski definition) is 1. The van der Waals surface area contributed by atoms with Gasteiger partial charge in [0.15, 0.2) is 0 Å². The molecule has 1 nitrogen and oxygen atoms in total. The summed E-state index contributed by atoms with van der Waals surface area (Å²) < 4.78 is 5.08. The number of rotatable bonds is 5. The molecular formula is C13H16O. The van der Waals surface area contributed by atoms with Crippen molar-refractivity contribution in [3.63, 3.8) is 0 Å². The molecule has 1 aromatic carbocycles. The van der Waals surface area contributed by atoms with E-state index in [4.69, 9.17) is 4.74 Å². The van der Waals surface area contributed by atoms with Crippen LogP contribution in [-0.2, 0) is 6.42 Å². The van der Waals surface area contributed by atoms with Crippen LogP contribution in [0, 0.1) is 0 Å². The zero-order chi connectivity index (χ0) is 10.4. The lowest BCUT2D eigenvalue weighted by Gasteiger charge is -2.03. The summed E-state index contributed by atoms with van der Waals surface area (Å²) in [4.78, 5) is 0. The quantitative estimate of drug-likeness (QED) is 0.644. The van der Waals surface area contributed by atoms with E-state index in [0.717, 1.165) is 24.2 Å². The van der Waals surface area contributed by atoms with Crippen molar-refractivity contribution < 1.29 is 4.74 Å². The maximum Gasteiger partial charge on any atom is 0.118 e. The van der Waals surface area contributed by atoms with E-state index in [1.54, 1.807) is 7.11 Å². The molecule has 0 amide bonds. The molecule has 1 aromatic rings. The van der Waals surface area contributed by atoms with Crippen molar-refractivity contribution in [3.8, 4) is 5.75 Å². The van der Waals surface area contributed by atoms with E-state index in [-0.39, 0.29) is 0 Å². The standard InChI is InChI=1S/C13H16O/c1-4-11(2)5-6-12-7-9-13(14-3)10-8-12/h4,7-10H,1-2,5-6H2,3H3. The minimum absolute atomic E-state index is 0.899. The molecule has 0 fully saturated rings. The molecule has 0 bridgehead atoms. The van der Waals surface area contributed by atoms with Gasteiger partial charge in [-0.1, -0.05) is 36.9 Å².